The highest BCUT2D eigenvalue weighted by molar-refractivity contribution is 6.34. The molecule has 1 aliphatic heterocycles. The predicted octanol–water partition coefficient (Wildman–Crippen LogP) is 7.42. The van der Waals surface area contributed by atoms with Gasteiger partial charge >= 0.3 is 12.3 Å². The van der Waals surface area contributed by atoms with Gasteiger partial charge in [-0.05, 0) is 86.3 Å². The fourth-order valence-corrected chi connectivity index (χ4v) is 4.68. The van der Waals surface area contributed by atoms with E-state index in [0.29, 0.717) is 34.7 Å². The fraction of sp³-hybridized carbons (Fsp3) is 0.286. The van der Waals surface area contributed by atoms with E-state index in [1.807, 2.05) is 29.2 Å². The number of fused-ring (bicyclic) bond motifs is 1. The van der Waals surface area contributed by atoms with Crippen molar-refractivity contribution in [1.82, 2.24) is 5.32 Å². The number of nitrogens with two attached hydrogens (primary N) is 1. The number of amides is 1. The van der Waals surface area contributed by atoms with E-state index in [0.717, 1.165) is 29.1 Å². The highest BCUT2D eigenvalue weighted by Gasteiger charge is 2.31. The molecule has 10 heteroatoms. The number of nitrogen functional groups attached to an aromatic ring is 1. The van der Waals surface area contributed by atoms with Crippen molar-refractivity contribution >= 4 is 34.9 Å². The van der Waals surface area contributed by atoms with Crippen LogP contribution in [0.2, 0.25) is 5.02 Å². The molecule has 4 N–H and O–H groups in total. The number of hydrogen-bond donors (Lipinski definition) is 3. The van der Waals surface area contributed by atoms with E-state index < -0.39 is 29.5 Å². The first kappa shape index (κ1) is 27.3. The summed E-state index contributed by atoms with van der Waals surface area (Å²) in [4.78, 5) is 14.7. The minimum atomic E-state index is -4.42. The molecule has 1 aliphatic rings. The Hall–Kier alpha value is -3.72. The van der Waals surface area contributed by atoms with Crippen molar-refractivity contribution in [3.63, 3.8) is 0 Å². The smallest absolute Gasteiger partial charge is 0.416 e. The second-order valence-corrected chi connectivity index (χ2v) is 10.5. The highest BCUT2D eigenvalue weighted by atomic mass is 35.5. The Bertz CT molecular complexity index is 1370. The molecule has 0 aliphatic carbocycles. The molecule has 3 aromatic rings. The van der Waals surface area contributed by atoms with Crippen molar-refractivity contribution in [2.24, 2.45) is 5.73 Å². The molecule has 1 atom stereocenters. The van der Waals surface area contributed by atoms with Gasteiger partial charge in [-0.15, -0.1) is 0 Å². The van der Waals surface area contributed by atoms with Crippen LogP contribution in [0, 0.1) is 5.41 Å². The molecule has 200 valence electrons. The van der Waals surface area contributed by atoms with Crippen molar-refractivity contribution < 1.29 is 22.7 Å². The maximum absolute atomic E-state index is 13.1. The molecular weight excluding hydrogens is 517 g/mol. The van der Waals surface area contributed by atoms with E-state index in [1.165, 1.54) is 12.1 Å². The van der Waals surface area contributed by atoms with Gasteiger partial charge in [0.05, 0.1) is 16.6 Å². The molecule has 0 radical (unpaired) electrons. The van der Waals surface area contributed by atoms with Crippen molar-refractivity contribution in [1.29, 1.82) is 5.41 Å². The lowest BCUT2D eigenvalue weighted by molar-refractivity contribution is -0.137. The van der Waals surface area contributed by atoms with E-state index in [-0.39, 0.29) is 5.84 Å². The van der Waals surface area contributed by atoms with Crippen LogP contribution in [-0.4, -0.2) is 24.1 Å². The molecule has 6 nitrogen and oxygen atoms in total. The quantitative estimate of drug-likeness (QED) is 0.235. The monoisotopic (exact) mass is 544 g/mol. The lowest BCUT2D eigenvalue weighted by Crippen LogP contribution is -2.39. The second kappa shape index (κ2) is 10.2. The molecule has 4 rings (SSSR count). The number of carbonyl (C=O) groups excluding carboxylic acids is 1. The Morgan fingerprint density at radius 2 is 1.71 bits per heavy atom. The topological polar surface area (TPSA) is 91.4 Å². The highest BCUT2D eigenvalue weighted by Crippen LogP contribution is 2.42. The van der Waals surface area contributed by atoms with Crippen LogP contribution in [0.5, 0.6) is 0 Å². The number of anilines is 2. The number of nitrogens with zero attached hydrogens (tertiary/aromatic N) is 1. The minimum Gasteiger partial charge on any atom is -0.444 e. The standard InChI is InChI=1S/C28H28ClF3N4O2/c1-27(2,3)38-26(37)35-23-12-13-36(19-9-10-20(25(33)34)22(29)15-19)24-11-6-17(14-21(23)24)16-4-7-18(8-5-16)28(30,31)32/h4-11,14-15,23H,12-13H2,1-3H3,(H3,33,34)(H,35,37). The molecule has 1 heterocycles. The number of ether oxygens (including phenoxy) is 1. The summed E-state index contributed by atoms with van der Waals surface area (Å²) in [5.41, 5.74) is 8.32. The van der Waals surface area contributed by atoms with E-state index >= 15 is 0 Å². The summed E-state index contributed by atoms with van der Waals surface area (Å²) in [7, 11) is 0. The lowest BCUT2D eigenvalue weighted by atomic mass is 9.92. The van der Waals surface area contributed by atoms with Gasteiger partial charge in [0.25, 0.3) is 0 Å². The number of rotatable bonds is 4. The molecule has 0 bridgehead atoms. The lowest BCUT2D eigenvalue weighted by Gasteiger charge is -2.37. The van der Waals surface area contributed by atoms with Gasteiger partial charge < -0.3 is 20.7 Å². The van der Waals surface area contributed by atoms with E-state index in [9.17, 15) is 18.0 Å². The summed E-state index contributed by atoms with van der Waals surface area (Å²) in [6, 6.07) is 15.4. The van der Waals surface area contributed by atoms with E-state index in [2.05, 4.69) is 5.32 Å². The third-order valence-corrected chi connectivity index (χ3v) is 6.44. The van der Waals surface area contributed by atoms with Crippen LogP contribution < -0.4 is 16.0 Å². The first-order valence-corrected chi connectivity index (χ1v) is 12.3. The number of nitrogens with one attached hydrogen (secondary N) is 2. The molecule has 0 fully saturated rings. The fourth-order valence-electron chi connectivity index (χ4n) is 4.40. The maximum atomic E-state index is 13.1. The van der Waals surface area contributed by atoms with Crippen LogP contribution in [-0.2, 0) is 10.9 Å². The number of alkyl carbamates (subject to hydrolysis) is 1. The van der Waals surface area contributed by atoms with Gasteiger partial charge in [-0.25, -0.2) is 4.79 Å². The number of alkyl halides is 3. The molecule has 0 spiro atoms. The molecule has 0 saturated carbocycles. The third kappa shape index (κ3) is 6.05. The van der Waals surface area contributed by atoms with Gasteiger partial charge in [0.15, 0.2) is 0 Å². The Kier molecular flexibility index (Phi) is 7.34. The molecule has 1 unspecified atom stereocenters. The molecule has 0 aromatic heterocycles. The summed E-state index contributed by atoms with van der Waals surface area (Å²) in [5.74, 6) is -0.136. The maximum Gasteiger partial charge on any atom is 0.416 e. The first-order valence-electron chi connectivity index (χ1n) is 12.0. The number of amidine groups is 1. The number of carbonyl (C=O) groups is 1. The Morgan fingerprint density at radius 3 is 2.29 bits per heavy atom. The summed E-state index contributed by atoms with van der Waals surface area (Å²) < 4.78 is 44.6. The SMILES string of the molecule is CC(C)(C)OC(=O)NC1CCN(c2ccc(C(=N)N)c(Cl)c2)c2ccc(-c3ccc(C(F)(F)F)cc3)cc21. The van der Waals surface area contributed by atoms with Crippen molar-refractivity contribution in [3.8, 4) is 11.1 Å². The van der Waals surface area contributed by atoms with Crippen molar-refractivity contribution in [2.45, 2.75) is 45.0 Å². The molecule has 38 heavy (non-hydrogen) atoms. The van der Waals surface area contributed by atoms with Crippen LogP contribution in [0.25, 0.3) is 11.1 Å². The summed E-state index contributed by atoms with van der Waals surface area (Å²) in [5, 5.41) is 11.0. The third-order valence-electron chi connectivity index (χ3n) is 6.13. The molecule has 1 amide bonds. The zero-order valence-corrected chi connectivity index (χ0v) is 21.9. The van der Waals surface area contributed by atoms with Crippen LogP contribution >= 0.6 is 11.6 Å². The van der Waals surface area contributed by atoms with Gasteiger partial charge in [-0.3, -0.25) is 5.41 Å². The van der Waals surface area contributed by atoms with Crippen LogP contribution in [0.15, 0.2) is 60.7 Å². The van der Waals surface area contributed by atoms with Crippen LogP contribution in [0.4, 0.5) is 29.3 Å². The van der Waals surface area contributed by atoms with Gasteiger partial charge in [0, 0.05) is 23.5 Å². The van der Waals surface area contributed by atoms with Gasteiger partial charge in [0.2, 0.25) is 0 Å². The average molecular weight is 545 g/mol. The van der Waals surface area contributed by atoms with Crippen LogP contribution in [0.3, 0.4) is 0 Å². The average Bonchev–Trinajstić information content (AvgIpc) is 2.82. The summed E-state index contributed by atoms with van der Waals surface area (Å²) >= 11 is 6.38. The minimum absolute atomic E-state index is 0.136. The molecule has 0 saturated heterocycles. The van der Waals surface area contributed by atoms with Crippen molar-refractivity contribution in [3.05, 3.63) is 82.4 Å². The van der Waals surface area contributed by atoms with E-state index in [4.69, 9.17) is 27.5 Å². The number of benzene rings is 3. The summed E-state index contributed by atoms with van der Waals surface area (Å²) in [6.45, 7) is 5.88. The van der Waals surface area contributed by atoms with E-state index in [1.54, 1.807) is 32.9 Å². The van der Waals surface area contributed by atoms with Gasteiger partial charge in [0.1, 0.15) is 11.4 Å². The number of halogens is 4. The molecule has 3 aromatic carbocycles. The normalized spacial score (nSPS) is 15.6. The van der Waals surface area contributed by atoms with Gasteiger partial charge in [-0.2, -0.15) is 13.2 Å². The Balaban J connectivity index is 1.74. The summed E-state index contributed by atoms with van der Waals surface area (Å²) in [6.07, 6.45) is -4.44. The molecular formula is C28H28ClF3N4O2. The predicted molar refractivity (Wildman–Crippen MR) is 143 cm³/mol. The Morgan fingerprint density at radius 1 is 1.05 bits per heavy atom. The van der Waals surface area contributed by atoms with Crippen molar-refractivity contribution in [2.75, 3.05) is 11.4 Å². The largest absolute Gasteiger partial charge is 0.444 e. The zero-order valence-electron chi connectivity index (χ0n) is 21.1. The zero-order chi connectivity index (χ0) is 27.8. The Labute approximate surface area is 224 Å². The number of hydrogen-bond acceptors (Lipinski definition) is 4. The van der Waals surface area contributed by atoms with Gasteiger partial charge in [-0.1, -0.05) is 29.8 Å². The second-order valence-electron chi connectivity index (χ2n) is 10.1. The van der Waals surface area contributed by atoms with Crippen LogP contribution in [0.1, 0.15) is 49.9 Å². The first-order chi connectivity index (χ1) is 17.7.